The summed E-state index contributed by atoms with van der Waals surface area (Å²) >= 11 is 0. The number of amides is 2. The largest absolute Gasteiger partial charge is 0.480 e. The van der Waals surface area contributed by atoms with Gasteiger partial charge in [-0.25, -0.2) is 4.79 Å². The molecule has 3 aromatic rings. The van der Waals surface area contributed by atoms with E-state index in [1.807, 2.05) is 30.3 Å². The lowest BCUT2D eigenvalue weighted by Gasteiger charge is -2.23. The maximum absolute atomic E-state index is 12.8. The van der Waals surface area contributed by atoms with Gasteiger partial charge in [-0.05, 0) is 52.2 Å². The van der Waals surface area contributed by atoms with Gasteiger partial charge in [-0.15, -0.1) is 0 Å². The predicted molar refractivity (Wildman–Crippen MR) is 121 cm³/mol. The van der Waals surface area contributed by atoms with E-state index in [9.17, 15) is 19.5 Å². The number of carboxylic acids is 1. The minimum atomic E-state index is -1.12. The van der Waals surface area contributed by atoms with Crippen LogP contribution in [0.15, 0.2) is 48.5 Å². The van der Waals surface area contributed by atoms with Crippen LogP contribution in [0.1, 0.15) is 22.3 Å². The molecule has 1 atom stereocenters. The molecule has 8 nitrogen and oxygen atoms in total. The third kappa shape index (κ3) is 3.81. The van der Waals surface area contributed by atoms with E-state index in [0.717, 1.165) is 21.7 Å². The molecule has 2 N–H and O–H groups in total. The third-order valence-corrected chi connectivity index (χ3v) is 6.50. The number of likely N-dealkylation sites (tertiary alicyclic amines) is 1. The Hall–Kier alpha value is -3.49. The second-order valence-corrected chi connectivity index (χ2v) is 8.53. The smallest absolute Gasteiger partial charge is 0.326 e. The molecule has 0 saturated carbocycles. The summed E-state index contributed by atoms with van der Waals surface area (Å²) in [5, 5.41) is 16.4. The number of aliphatic carboxylic acids is 1. The minimum absolute atomic E-state index is 0.0288. The highest BCUT2D eigenvalue weighted by atomic mass is 16.7. The second-order valence-electron chi connectivity index (χ2n) is 8.53. The summed E-state index contributed by atoms with van der Waals surface area (Å²) in [6.07, 6.45) is 0.0694. The van der Waals surface area contributed by atoms with E-state index in [0.29, 0.717) is 18.8 Å². The molecule has 2 saturated heterocycles. The SMILES string of the molecule is Cc1c2ccccc2cc2cc(C(=O)NCC(=O)N3CC4(C[C@H]3C(=O)O)OCCO4)ccc12. The summed E-state index contributed by atoms with van der Waals surface area (Å²) in [6, 6.07) is 14.5. The molecule has 170 valence electrons. The Kier molecular flexibility index (Phi) is 5.26. The molecular formula is C25H24N2O6. The minimum Gasteiger partial charge on any atom is -0.480 e. The van der Waals surface area contributed by atoms with Gasteiger partial charge in [0.25, 0.3) is 5.91 Å². The Labute approximate surface area is 190 Å². The lowest BCUT2D eigenvalue weighted by atomic mass is 9.96. The van der Waals surface area contributed by atoms with Gasteiger partial charge in [0.05, 0.1) is 26.3 Å². The molecule has 5 rings (SSSR count). The summed E-state index contributed by atoms with van der Waals surface area (Å²) in [4.78, 5) is 38.4. The molecule has 2 fully saturated rings. The first-order valence-corrected chi connectivity index (χ1v) is 10.9. The zero-order valence-corrected chi connectivity index (χ0v) is 18.2. The van der Waals surface area contributed by atoms with E-state index in [1.165, 1.54) is 10.3 Å². The lowest BCUT2D eigenvalue weighted by molar-refractivity contribution is -0.152. The third-order valence-electron chi connectivity index (χ3n) is 6.50. The van der Waals surface area contributed by atoms with Crippen molar-refractivity contribution in [2.24, 2.45) is 0 Å². The van der Waals surface area contributed by atoms with Gasteiger partial charge in [-0.1, -0.05) is 30.3 Å². The van der Waals surface area contributed by atoms with Crippen molar-refractivity contribution in [3.8, 4) is 0 Å². The van der Waals surface area contributed by atoms with Crippen LogP contribution in [0.2, 0.25) is 0 Å². The van der Waals surface area contributed by atoms with E-state index in [4.69, 9.17) is 9.47 Å². The topological polar surface area (TPSA) is 105 Å². The van der Waals surface area contributed by atoms with Crippen LogP contribution in [-0.2, 0) is 19.1 Å². The molecular weight excluding hydrogens is 424 g/mol. The Morgan fingerprint density at radius 3 is 2.55 bits per heavy atom. The van der Waals surface area contributed by atoms with Gasteiger partial charge in [0.1, 0.15) is 6.04 Å². The number of hydrogen-bond acceptors (Lipinski definition) is 5. The maximum Gasteiger partial charge on any atom is 0.326 e. The van der Waals surface area contributed by atoms with Gasteiger partial charge in [0.15, 0.2) is 5.79 Å². The van der Waals surface area contributed by atoms with Gasteiger partial charge in [-0.3, -0.25) is 9.59 Å². The van der Waals surface area contributed by atoms with Crippen molar-refractivity contribution < 1.29 is 29.0 Å². The fraction of sp³-hybridized carbons (Fsp3) is 0.320. The van der Waals surface area contributed by atoms with E-state index >= 15 is 0 Å². The fourth-order valence-corrected chi connectivity index (χ4v) is 4.83. The number of ether oxygens (including phenoxy) is 2. The number of fused-ring (bicyclic) bond motifs is 2. The van der Waals surface area contributed by atoms with Gasteiger partial charge in [-0.2, -0.15) is 0 Å². The van der Waals surface area contributed by atoms with Crippen molar-refractivity contribution in [3.63, 3.8) is 0 Å². The van der Waals surface area contributed by atoms with Gasteiger partial charge in [0, 0.05) is 12.0 Å². The normalized spacial score (nSPS) is 19.4. The Morgan fingerprint density at radius 1 is 1.06 bits per heavy atom. The van der Waals surface area contributed by atoms with Crippen LogP contribution in [0.3, 0.4) is 0 Å². The molecule has 1 spiro atoms. The average Bonchev–Trinajstić information content (AvgIpc) is 3.44. The highest BCUT2D eigenvalue weighted by Crippen LogP contribution is 2.35. The van der Waals surface area contributed by atoms with Gasteiger partial charge >= 0.3 is 5.97 Å². The lowest BCUT2D eigenvalue weighted by Crippen LogP contribution is -2.46. The number of carbonyl (C=O) groups is 3. The summed E-state index contributed by atoms with van der Waals surface area (Å²) in [7, 11) is 0. The molecule has 33 heavy (non-hydrogen) atoms. The highest BCUT2D eigenvalue weighted by molar-refractivity contribution is 6.05. The predicted octanol–water partition coefficient (Wildman–Crippen LogP) is 2.46. The van der Waals surface area contributed by atoms with Crippen molar-refractivity contribution in [1.29, 1.82) is 0 Å². The van der Waals surface area contributed by atoms with Crippen LogP contribution in [0.4, 0.5) is 0 Å². The summed E-state index contributed by atoms with van der Waals surface area (Å²) < 4.78 is 11.1. The highest BCUT2D eigenvalue weighted by Gasteiger charge is 2.52. The Bertz CT molecular complexity index is 1280. The van der Waals surface area contributed by atoms with Crippen LogP contribution in [-0.4, -0.2) is 65.9 Å². The van der Waals surface area contributed by atoms with Crippen molar-refractivity contribution >= 4 is 39.3 Å². The van der Waals surface area contributed by atoms with E-state index in [2.05, 4.69) is 18.3 Å². The maximum atomic E-state index is 12.8. The Balaban J connectivity index is 1.31. The Morgan fingerprint density at radius 2 is 1.79 bits per heavy atom. The first kappa shape index (κ1) is 21.4. The summed E-state index contributed by atoms with van der Waals surface area (Å²) in [5.41, 5.74) is 1.57. The van der Waals surface area contributed by atoms with E-state index in [-0.39, 0.29) is 19.5 Å². The number of benzene rings is 3. The van der Waals surface area contributed by atoms with Crippen LogP contribution in [0, 0.1) is 6.92 Å². The molecule has 2 heterocycles. The molecule has 0 radical (unpaired) electrons. The zero-order valence-electron chi connectivity index (χ0n) is 18.2. The monoisotopic (exact) mass is 448 g/mol. The standard InChI is InChI=1S/C25H24N2O6/c1-15-19-5-3-2-4-16(19)10-18-11-17(6-7-20(15)18)23(29)26-13-22(28)27-14-25(32-8-9-33-25)12-21(27)24(30)31/h2-7,10-11,21H,8-9,12-14H2,1H3,(H,26,29)(H,30,31)/t21-/m0/s1. The molecule has 0 aliphatic carbocycles. The van der Waals surface area contributed by atoms with E-state index in [1.54, 1.807) is 12.1 Å². The molecule has 0 bridgehead atoms. The van der Waals surface area contributed by atoms with Crippen LogP contribution in [0.5, 0.6) is 0 Å². The molecule has 0 unspecified atom stereocenters. The van der Waals surface area contributed by atoms with Crippen LogP contribution >= 0.6 is 0 Å². The first-order chi connectivity index (χ1) is 15.9. The van der Waals surface area contributed by atoms with Crippen molar-refractivity contribution in [3.05, 3.63) is 59.7 Å². The number of carboxylic acid groups (broad SMARTS) is 1. The van der Waals surface area contributed by atoms with Crippen molar-refractivity contribution in [2.75, 3.05) is 26.3 Å². The number of nitrogens with one attached hydrogen (secondary N) is 1. The van der Waals surface area contributed by atoms with Gasteiger partial charge < -0.3 is 24.8 Å². The summed E-state index contributed by atoms with van der Waals surface area (Å²) in [5.74, 6) is -3.08. The molecule has 8 heteroatoms. The molecule has 0 aromatic heterocycles. The number of nitrogens with zero attached hydrogens (tertiary/aromatic N) is 1. The molecule has 2 aliphatic heterocycles. The number of hydrogen-bond donors (Lipinski definition) is 2. The molecule has 2 aliphatic rings. The average molecular weight is 448 g/mol. The summed E-state index contributed by atoms with van der Waals surface area (Å²) in [6.45, 7) is 2.50. The van der Waals surface area contributed by atoms with Crippen LogP contribution in [0.25, 0.3) is 21.5 Å². The van der Waals surface area contributed by atoms with Crippen molar-refractivity contribution in [1.82, 2.24) is 10.2 Å². The number of rotatable bonds is 4. The quantitative estimate of drug-likeness (QED) is 0.594. The molecule has 2 amide bonds. The second kappa shape index (κ2) is 8.13. The molecule has 3 aromatic carbocycles. The first-order valence-electron chi connectivity index (χ1n) is 10.9. The van der Waals surface area contributed by atoms with Crippen molar-refractivity contribution in [2.45, 2.75) is 25.2 Å². The van der Waals surface area contributed by atoms with Gasteiger partial charge in [0.2, 0.25) is 5.91 Å². The number of carbonyl (C=O) groups excluding carboxylic acids is 2. The zero-order chi connectivity index (χ0) is 23.2. The number of aryl methyl sites for hydroxylation is 1. The fourth-order valence-electron chi connectivity index (χ4n) is 4.83. The van der Waals surface area contributed by atoms with E-state index < -0.39 is 29.6 Å². The van der Waals surface area contributed by atoms with Crippen LogP contribution < -0.4 is 5.32 Å².